The Morgan fingerprint density at radius 2 is 2.40 bits per heavy atom. The molecule has 0 radical (unpaired) electrons. The lowest BCUT2D eigenvalue weighted by molar-refractivity contribution is 0.195. The second-order valence-electron chi connectivity index (χ2n) is 1.58. The minimum absolute atomic E-state index is 0.00463. The molecule has 0 saturated carbocycles. The summed E-state index contributed by atoms with van der Waals surface area (Å²) in [6, 6.07) is 0. The molecule has 5 heteroatoms. The number of amides is 1. The second kappa shape index (κ2) is 5.10. The number of hydrogen-bond donors (Lipinski definition) is 3. The highest BCUT2D eigenvalue weighted by Gasteiger charge is 1.96. The molecule has 0 saturated heterocycles. The molecule has 0 rings (SSSR count). The van der Waals surface area contributed by atoms with Crippen molar-refractivity contribution in [1.82, 2.24) is 5.32 Å². The van der Waals surface area contributed by atoms with Crippen LogP contribution in [0.2, 0.25) is 0 Å². The molecule has 0 unspecified atom stereocenters. The van der Waals surface area contributed by atoms with Gasteiger partial charge in [-0.3, -0.25) is 0 Å². The topological polar surface area (TPSA) is 49.3 Å². The van der Waals surface area contributed by atoms with Crippen molar-refractivity contribution in [1.29, 1.82) is 0 Å². The number of carbonyl (C=O) groups is 1. The molecule has 0 aliphatic carbocycles. The van der Waals surface area contributed by atoms with E-state index in [2.05, 4.69) is 12.6 Å². The zero-order valence-electron chi connectivity index (χ0n) is 5.17. The summed E-state index contributed by atoms with van der Waals surface area (Å²) in [4.78, 5) is 9.85. The summed E-state index contributed by atoms with van der Waals surface area (Å²) in [5.41, 5.74) is 0.311. The number of nitrogens with one attached hydrogen (secondary N) is 1. The predicted octanol–water partition coefficient (Wildman–Crippen LogP) is 1.04. The molecule has 3 nitrogen and oxygen atoms in total. The van der Waals surface area contributed by atoms with Gasteiger partial charge in [-0.2, -0.15) is 12.6 Å². The Morgan fingerprint density at radius 1 is 1.80 bits per heavy atom. The SMILES string of the molecule is O=C(O)NC/C(=C\F)CS. The lowest BCUT2D eigenvalue weighted by Crippen LogP contribution is -2.23. The van der Waals surface area contributed by atoms with Gasteiger partial charge in [0.1, 0.15) is 0 Å². The van der Waals surface area contributed by atoms with Crippen LogP contribution in [0.25, 0.3) is 0 Å². The molecule has 2 N–H and O–H groups in total. The van der Waals surface area contributed by atoms with E-state index in [1.807, 2.05) is 5.32 Å². The smallest absolute Gasteiger partial charge is 0.404 e. The van der Waals surface area contributed by atoms with Crippen LogP contribution in [0.5, 0.6) is 0 Å². The molecule has 0 bridgehead atoms. The van der Waals surface area contributed by atoms with Crippen LogP contribution in [0, 0.1) is 0 Å². The number of hydrogen-bond acceptors (Lipinski definition) is 2. The van der Waals surface area contributed by atoms with E-state index in [4.69, 9.17) is 5.11 Å². The van der Waals surface area contributed by atoms with Crippen molar-refractivity contribution < 1.29 is 14.3 Å². The van der Waals surface area contributed by atoms with E-state index in [0.29, 0.717) is 11.9 Å². The van der Waals surface area contributed by atoms with Crippen molar-refractivity contribution in [2.75, 3.05) is 12.3 Å². The van der Waals surface area contributed by atoms with Gasteiger partial charge in [0.2, 0.25) is 0 Å². The van der Waals surface area contributed by atoms with Gasteiger partial charge >= 0.3 is 6.09 Å². The van der Waals surface area contributed by atoms with Crippen LogP contribution in [0.3, 0.4) is 0 Å². The average Bonchev–Trinajstić information content (AvgIpc) is 1.90. The van der Waals surface area contributed by atoms with Crippen LogP contribution in [0.15, 0.2) is 11.9 Å². The van der Waals surface area contributed by atoms with E-state index >= 15 is 0 Å². The monoisotopic (exact) mass is 165 g/mol. The Hall–Kier alpha value is -0.710. The Morgan fingerprint density at radius 3 is 2.70 bits per heavy atom. The molecule has 0 aliphatic heterocycles. The molecule has 0 spiro atoms. The summed E-state index contributed by atoms with van der Waals surface area (Å²) < 4.78 is 11.7. The third-order valence-corrected chi connectivity index (χ3v) is 1.23. The molecular formula is C5H8FNO2S. The first-order chi connectivity index (χ1) is 4.70. The van der Waals surface area contributed by atoms with Crippen LogP contribution in [0.4, 0.5) is 9.18 Å². The van der Waals surface area contributed by atoms with E-state index in [-0.39, 0.29) is 12.3 Å². The van der Waals surface area contributed by atoms with Gasteiger partial charge in [-0.05, 0) is 5.57 Å². The zero-order valence-corrected chi connectivity index (χ0v) is 6.07. The van der Waals surface area contributed by atoms with Crippen molar-refractivity contribution in [3.8, 4) is 0 Å². The Kier molecular flexibility index (Phi) is 4.74. The Bertz CT molecular complexity index is 149. The van der Waals surface area contributed by atoms with E-state index in [1.165, 1.54) is 0 Å². The van der Waals surface area contributed by atoms with Crippen molar-refractivity contribution in [2.24, 2.45) is 0 Å². The Labute approximate surface area is 63.3 Å². The summed E-state index contributed by atoms with van der Waals surface area (Å²) in [5.74, 6) is 0.219. The maximum Gasteiger partial charge on any atom is 0.404 e. The zero-order chi connectivity index (χ0) is 7.98. The van der Waals surface area contributed by atoms with Crippen LogP contribution in [0.1, 0.15) is 0 Å². The van der Waals surface area contributed by atoms with Crippen molar-refractivity contribution >= 4 is 18.7 Å². The summed E-state index contributed by atoms with van der Waals surface area (Å²) in [7, 11) is 0. The molecule has 0 fully saturated rings. The highest BCUT2D eigenvalue weighted by molar-refractivity contribution is 7.80. The first-order valence-electron chi connectivity index (χ1n) is 2.56. The van der Waals surface area contributed by atoms with Gasteiger partial charge in [0.25, 0.3) is 0 Å². The number of halogens is 1. The fourth-order valence-electron chi connectivity index (χ4n) is 0.318. The fraction of sp³-hybridized carbons (Fsp3) is 0.400. The number of rotatable bonds is 3. The predicted molar refractivity (Wildman–Crippen MR) is 39.1 cm³/mol. The second-order valence-corrected chi connectivity index (χ2v) is 1.90. The molecule has 58 valence electrons. The maximum absolute atomic E-state index is 11.7. The van der Waals surface area contributed by atoms with Gasteiger partial charge in [0.05, 0.1) is 6.33 Å². The van der Waals surface area contributed by atoms with Gasteiger partial charge in [0, 0.05) is 12.3 Å². The van der Waals surface area contributed by atoms with Crippen LogP contribution < -0.4 is 5.32 Å². The minimum Gasteiger partial charge on any atom is -0.465 e. The van der Waals surface area contributed by atoms with Gasteiger partial charge in [-0.1, -0.05) is 0 Å². The molecule has 1 amide bonds. The maximum atomic E-state index is 11.7. The molecular weight excluding hydrogens is 157 g/mol. The summed E-state index contributed by atoms with van der Waals surface area (Å²) in [6.07, 6.45) is -0.815. The van der Waals surface area contributed by atoms with E-state index in [0.717, 1.165) is 0 Å². The van der Waals surface area contributed by atoms with E-state index < -0.39 is 6.09 Å². The van der Waals surface area contributed by atoms with Crippen molar-refractivity contribution in [3.05, 3.63) is 11.9 Å². The van der Waals surface area contributed by atoms with Crippen molar-refractivity contribution in [2.45, 2.75) is 0 Å². The summed E-state index contributed by atoms with van der Waals surface area (Å²) in [5, 5.41) is 10.1. The van der Waals surface area contributed by atoms with Gasteiger partial charge in [-0.25, -0.2) is 9.18 Å². The van der Waals surface area contributed by atoms with Gasteiger partial charge in [-0.15, -0.1) is 0 Å². The summed E-state index contributed by atoms with van der Waals surface area (Å²) >= 11 is 3.76. The average molecular weight is 165 g/mol. The van der Waals surface area contributed by atoms with Gasteiger partial charge < -0.3 is 10.4 Å². The molecule has 0 atom stereocenters. The Balaban J connectivity index is 3.56. The standard InChI is InChI=1S/C5H8FNO2S/c6-1-4(3-10)2-7-5(8)9/h1,7,10H,2-3H2,(H,8,9)/b4-1+. The normalized spacial score (nSPS) is 11.2. The molecule has 0 aromatic rings. The van der Waals surface area contributed by atoms with E-state index in [9.17, 15) is 9.18 Å². The summed E-state index contributed by atoms with van der Waals surface area (Å²) in [6.45, 7) is -0.00463. The first kappa shape index (κ1) is 9.29. The van der Waals surface area contributed by atoms with E-state index in [1.54, 1.807) is 0 Å². The number of carboxylic acid groups (broad SMARTS) is 1. The molecule has 0 heterocycles. The lowest BCUT2D eigenvalue weighted by Gasteiger charge is -1.99. The molecule has 0 aliphatic rings. The highest BCUT2D eigenvalue weighted by Crippen LogP contribution is 1.95. The quantitative estimate of drug-likeness (QED) is 0.547. The van der Waals surface area contributed by atoms with Crippen molar-refractivity contribution in [3.63, 3.8) is 0 Å². The first-order valence-corrected chi connectivity index (χ1v) is 3.19. The molecule has 0 aromatic heterocycles. The largest absolute Gasteiger partial charge is 0.465 e. The van der Waals surface area contributed by atoms with Crippen LogP contribution >= 0.6 is 12.6 Å². The molecule has 0 aromatic carbocycles. The molecule has 10 heavy (non-hydrogen) atoms. The third-order valence-electron chi connectivity index (χ3n) is 0.824. The minimum atomic E-state index is -1.17. The van der Waals surface area contributed by atoms with Gasteiger partial charge in [0.15, 0.2) is 0 Å². The fourth-order valence-corrected chi connectivity index (χ4v) is 0.499. The van der Waals surface area contributed by atoms with Crippen LogP contribution in [-0.4, -0.2) is 23.5 Å². The highest BCUT2D eigenvalue weighted by atomic mass is 32.1. The third kappa shape index (κ3) is 4.20. The lowest BCUT2D eigenvalue weighted by atomic mass is 10.3. The van der Waals surface area contributed by atoms with Crippen LogP contribution in [-0.2, 0) is 0 Å². The number of thiol groups is 1.